The number of Topliss-reactive ketones (excluding diaryl/α,β-unsaturated/α-hetero) is 1. The van der Waals surface area contributed by atoms with E-state index in [1.807, 2.05) is 0 Å². The molecular formula is C8H7NO3. The third-order valence-electron chi connectivity index (χ3n) is 1.31. The molecule has 0 aromatic carbocycles. The van der Waals surface area contributed by atoms with Gasteiger partial charge in [-0.1, -0.05) is 6.07 Å². The van der Waals surface area contributed by atoms with Crippen LogP contribution < -0.4 is 0 Å². The summed E-state index contributed by atoms with van der Waals surface area (Å²) in [7, 11) is 0. The lowest BCUT2D eigenvalue weighted by molar-refractivity contribution is -0.148. The third kappa shape index (κ3) is 2.16. The van der Waals surface area contributed by atoms with Gasteiger partial charge in [0.05, 0.1) is 6.42 Å². The van der Waals surface area contributed by atoms with Gasteiger partial charge in [0.15, 0.2) is 0 Å². The number of hydrogen-bond acceptors (Lipinski definition) is 3. The lowest BCUT2D eigenvalue weighted by Crippen LogP contribution is -2.15. The first-order chi connectivity index (χ1) is 5.70. The number of pyridine rings is 1. The van der Waals surface area contributed by atoms with Crippen LogP contribution in [0, 0.1) is 0 Å². The van der Waals surface area contributed by atoms with Gasteiger partial charge >= 0.3 is 5.97 Å². The Balaban J connectivity index is 2.65. The molecule has 0 fully saturated rings. The molecule has 0 radical (unpaired) electrons. The maximum absolute atomic E-state index is 10.7. The average Bonchev–Trinajstić information content (AvgIpc) is 2.06. The predicted octanol–water partition coefficient (Wildman–Crippen LogP) is 0.278. The minimum absolute atomic E-state index is 0.143. The molecule has 4 heteroatoms. The van der Waals surface area contributed by atoms with Crippen LogP contribution in [0.15, 0.2) is 24.4 Å². The van der Waals surface area contributed by atoms with Crippen molar-refractivity contribution in [3.05, 3.63) is 30.1 Å². The molecule has 0 spiro atoms. The second-order valence-corrected chi connectivity index (χ2v) is 2.23. The molecule has 1 aromatic rings. The van der Waals surface area contributed by atoms with Crippen molar-refractivity contribution in [1.82, 2.24) is 4.98 Å². The van der Waals surface area contributed by atoms with E-state index in [1.54, 1.807) is 18.2 Å². The van der Waals surface area contributed by atoms with Crippen LogP contribution in [0.5, 0.6) is 0 Å². The molecule has 0 bridgehead atoms. The van der Waals surface area contributed by atoms with Gasteiger partial charge in [-0.05, 0) is 12.1 Å². The monoisotopic (exact) mass is 165 g/mol. The van der Waals surface area contributed by atoms with Gasteiger partial charge in [0.2, 0.25) is 5.78 Å². The number of carboxylic acids is 1. The van der Waals surface area contributed by atoms with Gasteiger partial charge in [-0.2, -0.15) is 0 Å². The molecule has 0 unspecified atom stereocenters. The fourth-order valence-corrected chi connectivity index (χ4v) is 0.743. The van der Waals surface area contributed by atoms with Crippen LogP contribution in [0.1, 0.15) is 5.69 Å². The first-order valence-electron chi connectivity index (χ1n) is 3.36. The van der Waals surface area contributed by atoms with Crippen LogP contribution in [0.25, 0.3) is 0 Å². The Kier molecular flexibility index (Phi) is 2.53. The van der Waals surface area contributed by atoms with Crippen LogP contribution in [0.4, 0.5) is 0 Å². The normalized spacial score (nSPS) is 9.33. The predicted molar refractivity (Wildman–Crippen MR) is 40.6 cm³/mol. The van der Waals surface area contributed by atoms with Gasteiger partial charge in [0, 0.05) is 11.9 Å². The van der Waals surface area contributed by atoms with Crippen LogP contribution in [-0.4, -0.2) is 21.8 Å². The van der Waals surface area contributed by atoms with Gasteiger partial charge in [-0.3, -0.25) is 9.78 Å². The van der Waals surface area contributed by atoms with Crippen molar-refractivity contribution < 1.29 is 14.7 Å². The summed E-state index contributed by atoms with van der Waals surface area (Å²) in [6.45, 7) is 0. The van der Waals surface area contributed by atoms with Crippen molar-refractivity contribution in [2.75, 3.05) is 0 Å². The first kappa shape index (κ1) is 8.39. The highest BCUT2D eigenvalue weighted by Crippen LogP contribution is 1.95. The molecule has 0 saturated heterocycles. The smallest absolute Gasteiger partial charge is 0.372 e. The molecule has 4 nitrogen and oxygen atoms in total. The van der Waals surface area contributed by atoms with E-state index in [0.717, 1.165) is 0 Å². The molecule has 0 atom stereocenters. The minimum Gasteiger partial charge on any atom is -0.475 e. The third-order valence-corrected chi connectivity index (χ3v) is 1.31. The second kappa shape index (κ2) is 3.61. The van der Waals surface area contributed by atoms with Gasteiger partial charge in [0.1, 0.15) is 0 Å². The van der Waals surface area contributed by atoms with Crippen LogP contribution >= 0.6 is 0 Å². The maximum atomic E-state index is 10.7. The van der Waals surface area contributed by atoms with Crippen molar-refractivity contribution in [2.24, 2.45) is 0 Å². The summed E-state index contributed by atoms with van der Waals surface area (Å²) in [6.07, 6.45) is 1.38. The molecular weight excluding hydrogens is 158 g/mol. The second-order valence-electron chi connectivity index (χ2n) is 2.23. The quantitative estimate of drug-likeness (QED) is 0.653. The Morgan fingerprint density at radius 3 is 2.67 bits per heavy atom. The zero-order valence-corrected chi connectivity index (χ0v) is 6.23. The average molecular weight is 165 g/mol. The Labute approximate surface area is 68.9 Å². The molecule has 0 saturated carbocycles. The SMILES string of the molecule is O=C(O)C(=O)Cc1ccccn1. The zero-order valence-electron chi connectivity index (χ0n) is 6.23. The molecule has 12 heavy (non-hydrogen) atoms. The van der Waals surface area contributed by atoms with Crippen molar-refractivity contribution >= 4 is 11.8 Å². The highest BCUT2D eigenvalue weighted by molar-refractivity contribution is 6.33. The molecule has 1 N–H and O–H groups in total. The number of nitrogens with zero attached hydrogens (tertiary/aromatic N) is 1. The van der Waals surface area contributed by atoms with E-state index >= 15 is 0 Å². The Morgan fingerprint density at radius 1 is 1.42 bits per heavy atom. The summed E-state index contributed by atoms with van der Waals surface area (Å²) in [4.78, 5) is 24.6. The van der Waals surface area contributed by atoms with E-state index in [9.17, 15) is 9.59 Å². The van der Waals surface area contributed by atoms with Gasteiger partial charge in [-0.15, -0.1) is 0 Å². The fraction of sp³-hybridized carbons (Fsp3) is 0.125. The number of rotatable bonds is 3. The molecule has 0 aliphatic heterocycles. The lowest BCUT2D eigenvalue weighted by atomic mass is 10.2. The van der Waals surface area contributed by atoms with E-state index in [4.69, 9.17) is 5.11 Å². The molecule has 0 aliphatic rings. The number of ketones is 1. The summed E-state index contributed by atoms with van der Waals surface area (Å²) >= 11 is 0. The molecule has 62 valence electrons. The van der Waals surface area contributed by atoms with Crippen molar-refractivity contribution in [3.8, 4) is 0 Å². The Morgan fingerprint density at radius 2 is 2.17 bits per heavy atom. The standard InChI is InChI=1S/C8H7NO3/c10-7(8(11)12)5-6-3-1-2-4-9-6/h1-4H,5H2,(H,11,12). The highest BCUT2D eigenvalue weighted by Gasteiger charge is 2.11. The maximum Gasteiger partial charge on any atom is 0.372 e. The number of carbonyl (C=O) groups is 2. The van der Waals surface area contributed by atoms with Crippen molar-refractivity contribution in [3.63, 3.8) is 0 Å². The molecule has 1 rings (SSSR count). The number of hydrogen-bond donors (Lipinski definition) is 1. The minimum atomic E-state index is -1.42. The molecule has 0 aliphatic carbocycles. The van der Waals surface area contributed by atoms with E-state index in [1.165, 1.54) is 6.20 Å². The van der Waals surface area contributed by atoms with Gasteiger partial charge in [-0.25, -0.2) is 4.79 Å². The fourth-order valence-electron chi connectivity index (χ4n) is 0.743. The summed E-state index contributed by atoms with van der Waals surface area (Å²) in [6, 6.07) is 5.02. The Hall–Kier alpha value is -1.71. The van der Waals surface area contributed by atoms with E-state index in [-0.39, 0.29) is 6.42 Å². The largest absolute Gasteiger partial charge is 0.475 e. The summed E-state index contributed by atoms with van der Waals surface area (Å²) in [5, 5.41) is 8.27. The van der Waals surface area contributed by atoms with Gasteiger partial charge in [0.25, 0.3) is 0 Å². The van der Waals surface area contributed by atoms with Crippen LogP contribution in [0.2, 0.25) is 0 Å². The number of aromatic nitrogens is 1. The van der Waals surface area contributed by atoms with Crippen molar-refractivity contribution in [1.29, 1.82) is 0 Å². The van der Waals surface area contributed by atoms with E-state index < -0.39 is 11.8 Å². The lowest BCUT2D eigenvalue weighted by Gasteiger charge is -1.94. The first-order valence-corrected chi connectivity index (χ1v) is 3.36. The molecule has 0 amide bonds. The number of carboxylic acid groups (broad SMARTS) is 1. The highest BCUT2D eigenvalue weighted by atomic mass is 16.4. The van der Waals surface area contributed by atoms with Crippen LogP contribution in [-0.2, 0) is 16.0 Å². The number of aliphatic carboxylic acids is 1. The summed E-state index contributed by atoms with van der Waals surface area (Å²) < 4.78 is 0. The van der Waals surface area contributed by atoms with Crippen molar-refractivity contribution in [2.45, 2.75) is 6.42 Å². The molecule has 1 aromatic heterocycles. The summed E-state index contributed by atoms with van der Waals surface area (Å²) in [5.41, 5.74) is 0.477. The van der Waals surface area contributed by atoms with Gasteiger partial charge < -0.3 is 5.11 Å². The number of carbonyl (C=O) groups excluding carboxylic acids is 1. The van der Waals surface area contributed by atoms with E-state index in [2.05, 4.69) is 4.98 Å². The van der Waals surface area contributed by atoms with E-state index in [0.29, 0.717) is 5.69 Å². The zero-order chi connectivity index (χ0) is 8.97. The molecule has 1 heterocycles. The topological polar surface area (TPSA) is 67.3 Å². The van der Waals surface area contributed by atoms with Crippen LogP contribution in [0.3, 0.4) is 0 Å². The summed E-state index contributed by atoms with van der Waals surface area (Å²) in [5.74, 6) is -2.26. The Bertz CT molecular complexity index is 294.